The Morgan fingerprint density at radius 3 is 2.90 bits per heavy atom. The highest BCUT2D eigenvalue weighted by molar-refractivity contribution is 14.1. The van der Waals surface area contributed by atoms with Gasteiger partial charge in [0.15, 0.2) is 8.38 Å². The average Bonchev–Trinajstić information content (AvgIpc) is 2.61. The molecule has 1 fully saturated rings. The van der Waals surface area contributed by atoms with Crippen LogP contribution in [0.1, 0.15) is 6.42 Å². The molecule has 3 atom stereocenters. The molecule has 4 heteroatoms. The summed E-state index contributed by atoms with van der Waals surface area (Å²) in [6, 6.07) is 0. The first-order valence-electron chi connectivity index (χ1n) is 3.00. The van der Waals surface area contributed by atoms with Gasteiger partial charge in [0.25, 0.3) is 0 Å². The summed E-state index contributed by atoms with van der Waals surface area (Å²) in [7, 11) is 0.308. The van der Waals surface area contributed by atoms with Crippen LogP contribution in [-0.4, -0.2) is 15.2 Å². The van der Waals surface area contributed by atoms with Gasteiger partial charge in [-0.15, -0.1) is 6.58 Å². The molecule has 0 aromatic rings. The third-order valence-corrected chi connectivity index (χ3v) is 5.66. The molecule has 0 radical (unpaired) electrons. The second kappa shape index (κ2) is 3.05. The molecule has 1 saturated carbocycles. The van der Waals surface area contributed by atoms with E-state index in [1.54, 1.807) is 7.11 Å². The van der Waals surface area contributed by atoms with E-state index in [-0.39, 0.29) is 3.16 Å². The minimum Gasteiger partial charge on any atom is -0.349 e. The molecule has 0 amide bonds. The molecule has 0 spiro atoms. The Kier molecular flexibility index (Phi) is 2.72. The second-order valence-electron chi connectivity index (χ2n) is 2.32. The van der Waals surface area contributed by atoms with Crippen molar-refractivity contribution in [2.45, 2.75) is 9.58 Å². The highest BCUT2D eigenvalue weighted by atomic mass is 127. The Hall–Kier alpha value is 0.820. The quantitative estimate of drug-likeness (QED) is 0.369. The van der Waals surface area contributed by atoms with E-state index in [0.29, 0.717) is 5.92 Å². The van der Waals surface area contributed by atoms with Crippen molar-refractivity contribution in [3.63, 3.8) is 0 Å². The van der Waals surface area contributed by atoms with Gasteiger partial charge >= 0.3 is 0 Å². The van der Waals surface area contributed by atoms with Crippen LogP contribution in [0.15, 0.2) is 12.7 Å². The van der Waals surface area contributed by atoms with E-state index in [1.165, 1.54) is 0 Å². The van der Waals surface area contributed by atoms with Crippen molar-refractivity contribution in [1.82, 2.24) is 0 Å². The van der Waals surface area contributed by atoms with Crippen LogP contribution >= 0.6 is 31.0 Å². The summed E-state index contributed by atoms with van der Waals surface area (Å²) in [5, 5.41) is 0. The van der Waals surface area contributed by atoms with Gasteiger partial charge in [0, 0.05) is 13.0 Å². The lowest BCUT2D eigenvalue weighted by molar-refractivity contribution is 0.387. The van der Waals surface area contributed by atoms with Crippen molar-refractivity contribution in [3.8, 4) is 0 Å². The molecule has 0 aromatic heterocycles. The van der Waals surface area contributed by atoms with Crippen LogP contribution in [0.4, 0.5) is 0 Å². The number of alkyl halides is 1. The van der Waals surface area contributed by atoms with E-state index in [1.807, 2.05) is 6.08 Å². The lowest BCUT2D eigenvalue weighted by Crippen LogP contribution is -1.98. The maximum absolute atomic E-state index is 9.35. The van der Waals surface area contributed by atoms with Gasteiger partial charge in [-0.25, -0.2) is 0 Å². The first-order chi connectivity index (χ1) is 4.65. The average molecular weight is 272 g/mol. The Morgan fingerprint density at radius 1 is 2.00 bits per heavy atom. The van der Waals surface area contributed by atoms with Gasteiger partial charge < -0.3 is 9.42 Å². The van der Waals surface area contributed by atoms with Crippen molar-refractivity contribution < 1.29 is 9.42 Å². The largest absolute Gasteiger partial charge is 0.349 e. The Labute approximate surface area is 75.7 Å². The normalized spacial score (nSPS) is 40.9. The third-order valence-electron chi connectivity index (χ3n) is 1.69. The summed E-state index contributed by atoms with van der Waals surface area (Å²) in [6.07, 6.45) is 2.89. The van der Waals surface area contributed by atoms with Crippen LogP contribution in [-0.2, 0) is 4.52 Å². The topological polar surface area (TPSA) is 29.5 Å². The van der Waals surface area contributed by atoms with Gasteiger partial charge in [0.1, 0.15) is 0 Å². The van der Waals surface area contributed by atoms with Gasteiger partial charge in [0.2, 0.25) is 0 Å². The number of halogens is 1. The highest BCUT2D eigenvalue weighted by Crippen LogP contribution is 2.70. The molecule has 1 aliphatic carbocycles. The second-order valence-corrected chi connectivity index (χ2v) is 6.81. The van der Waals surface area contributed by atoms with Crippen LogP contribution in [0.2, 0.25) is 0 Å². The van der Waals surface area contributed by atoms with Crippen molar-refractivity contribution in [3.05, 3.63) is 12.7 Å². The zero-order chi connectivity index (χ0) is 7.78. The molecule has 58 valence electrons. The summed E-state index contributed by atoms with van der Waals surface area (Å²) in [5.74, 6) is 0.448. The molecule has 0 aromatic carbocycles. The van der Waals surface area contributed by atoms with Crippen molar-refractivity contribution >= 4 is 31.0 Å². The summed E-state index contributed by atoms with van der Waals surface area (Å²) in [6.45, 7) is 3.67. The lowest BCUT2D eigenvalue weighted by atomic mass is 10.4. The van der Waals surface area contributed by atoms with Gasteiger partial charge in [-0.05, 0) is 6.42 Å². The van der Waals surface area contributed by atoms with Crippen LogP contribution in [0.25, 0.3) is 0 Å². The molecule has 0 heterocycles. The minimum atomic E-state index is -1.24. The Bertz CT molecular complexity index is 153. The standard InChI is InChI=1S/C6H10IO2P/c1-3-5-4-6(5,7)10(8)9-2/h3,5,8H,1,4H2,2H3/t5-,6+,10?/m1/s1. The molecule has 1 N–H and O–H groups in total. The van der Waals surface area contributed by atoms with E-state index in [9.17, 15) is 4.89 Å². The molecule has 0 bridgehead atoms. The molecule has 1 aliphatic rings. The molecular weight excluding hydrogens is 262 g/mol. The van der Waals surface area contributed by atoms with E-state index in [2.05, 4.69) is 29.2 Å². The van der Waals surface area contributed by atoms with Gasteiger partial charge in [-0.2, -0.15) is 0 Å². The van der Waals surface area contributed by atoms with Crippen molar-refractivity contribution in [2.24, 2.45) is 5.92 Å². The van der Waals surface area contributed by atoms with Crippen molar-refractivity contribution in [2.75, 3.05) is 7.11 Å². The molecule has 0 saturated heterocycles. The molecule has 1 unspecified atom stereocenters. The fraction of sp³-hybridized carbons (Fsp3) is 0.667. The molecule has 0 aliphatic heterocycles. The Balaban J connectivity index is 2.49. The monoisotopic (exact) mass is 272 g/mol. The maximum atomic E-state index is 9.35. The van der Waals surface area contributed by atoms with Crippen LogP contribution in [0.3, 0.4) is 0 Å². The minimum absolute atomic E-state index is 0.0242. The first-order valence-corrected chi connectivity index (χ1v) is 5.29. The summed E-state index contributed by atoms with van der Waals surface area (Å²) < 4.78 is 4.85. The predicted molar refractivity (Wildman–Crippen MR) is 51.2 cm³/mol. The van der Waals surface area contributed by atoms with Gasteiger partial charge in [-0.3, -0.25) is 0 Å². The van der Waals surface area contributed by atoms with E-state index in [4.69, 9.17) is 4.52 Å². The third kappa shape index (κ3) is 1.37. The predicted octanol–water partition coefficient (Wildman–Crippen LogP) is 2.27. The first kappa shape index (κ1) is 8.91. The highest BCUT2D eigenvalue weighted by Gasteiger charge is 2.57. The van der Waals surface area contributed by atoms with Crippen LogP contribution in [0, 0.1) is 5.92 Å². The van der Waals surface area contributed by atoms with Crippen LogP contribution < -0.4 is 0 Å². The fourth-order valence-corrected chi connectivity index (χ4v) is 3.25. The summed E-state index contributed by atoms with van der Waals surface area (Å²) >= 11 is 2.26. The Morgan fingerprint density at radius 2 is 2.60 bits per heavy atom. The summed E-state index contributed by atoms with van der Waals surface area (Å²) in [4.78, 5) is 9.35. The van der Waals surface area contributed by atoms with Crippen molar-refractivity contribution in [1.29, 1.82) is 0 Å². The summed E-state index contributed by atoms with van der Waals surface area (Å²) in [5.41, 5.74) is 0. The van der Waals surface area contributed by atoms with Crippen LogP contribution in [0.5, 0.6) is 0 Å². The number of hydrogen-bond acceptors (Lipinski definition) is 2. The number of hydrogen-bond donors (Lipinski definition) is 1. The molecule has 2 nitrogen and oxygen atoms in total. The van der Waals surface area contributed by atoms with E-state index >= 15 is 0 Å². The molecular formula is C6H10IO2P. The smallest absolute Gasteiger partial charge is 0.185 e. The zero-order valence-electron chi connectivity index (χ0n) is 5.75. The zero-order valence-corrected chi connectivity index (χ0v) is 8.80. The van der Waals surface area contributed by atoms with Gasteiger partial charge in [0.05, 0.1) is 3.16 Å². The molecule has 1 rings (SSSR count). The number of allylic oxidation sites excluding steroid dienone is 1. The molecule has 10 heavy (non-hydrogen) atoms. The fourth-order valence-electron chi connectivity index (χ4n) is 0.885. The maximum Gasteiger partial charge on any atom is 0.185 e. The SMILES string of the molecule is C=C[C@@H]1C[C@]1(I)P(O)OC. The van der Waals surface area contributed by atoms with E-state index < -0.39 is 8.38 Å². The van der Waals surface area contributed by atoms with Gasteiger partial charge in [-0.1, -0.05) is 28.7 Å². The lowest BCUT2D eigenvalue weighted by Gasteiger charge is -2.12. The number of rotatable bonds is 3. The van der Waals surface area contributed by atoms with E-state index in [0.717, 1.165) is 6.42 Å².